The van der Waals surface area contributed by atoms with Crippen LogP contribution in [0.25, 0.3) is 11.4 Å². The molecule has 2 aromatic rings. The molecule has 4 amide bonds. The van der Waals surface area contributed by atoms with Crippen LogP contribution in [0.4, 0.5) is 4.79 Å². The van der Waals surface area contributed by atoms with Gasteiger partial charge in [0.1, 0.15) is 11.9 Å². The van der Waals surface area contributed by atoms with Gasteiger partial charge in [-0.3, -0.25) is 24.6 Å². The van der Waals surface area contributed by atoms with E-state index < -0.39 is 12.1 Å². The molecule has 0 aliphatic carbocycles. The largest absolute Gasteiger partial charge is 0.356 e. The van der Waals surface area contributed by atoms with Gasteiger partial charge in [-0.05, 0) is 12.1 Å². The van der Waals surface area contributed by atoms with E-state index in [0.29, 0.717) is 24.6 Å². The number of likely N-dealkylation sites (N-methyl/N-ethyl adjacent to an activating group) is 2. The minimum atomic E-state index is -0.755. The molecule has 2 aromatic heterocycles. The first-order valence-corrected chi connectivity index (χ1v) is 8.10. The molecule has 10 heteroatoms. The molecule has 0 spiro atoms. The molecule has 0 saturated carbocycles. The van der Waals surface area contributed by atoms with Crippen LogP contribution in [0.3, 0.4) is 0 Å². The Bertz CT molecular complexity index is 820. The topological polar surface area (TPSA) is 124 Å². The molecule has 2 N–H and O–H groups in total. The zero-order valence-electron chi connectivity index (χ0n) is 14.5. The Labute approximate surface area is 149 Å². The molecule has 0 aromatic carbocycles. The van der Waals surface area contributed by atoms with Gasteiger partial charge in [-0.25, -0.2) is 9.78 Å². The van der Waals surface area contributed by atoms with Crippen LogP contribution in [-0.2, 0) is 16.0 Å². The number of hydrogen-bond acceptors (Lipinski definition) is 6. The first kappa shape index (κ1) is 17.5. The van der Waals surface area contributed by atoms with Crippen molar-refractivity contribution in [1.29, 1.82) is 0 Å². The van der Waals surface area contributed by atoms with Crippen molar-refractivity contribution >= 4 is 17.8 Å². The molecule has 1 aliphatic rings. The number of amides is 4. The second-order valence-corrected chi connectivity index (χ2v) is 5.96. The summed E-state index contributed by atoms with van der Waals surface area (Å²) in [5, 5.41) is 9.67. The Morgan fingerprint density at radius 3 is 2.81 bits per heavy atom. The van der Waals surface area contributed by atoms with Gasteiger partial charge < -0.3 is 10.2 Å². The van der Waals surface area contributed by atoms with Gasteiger partial charge in [-0.15, -0.1) is 0 Å². The fourth-order valence-electron chi connectivity index (χ4n) is 2.68. The number of nitrogens with one attached hydrogen (secondary N) is 2. The molecule has 136 valence electrons. The van der Waals surface area contributed by atoms with Crippen LogP contribution in [-0.4, -0.2) is 74.5 Å². The number of carbonyl (C=O) groups is 3. The van der Waals surface area contributed by atoms with Gasteiger partial charge in [-0.2, -0.15) is 5.10 Å². The third kappa shape index (κ3) is 3.53. The highest BCUT2D eigenvalue weighted by molar-refractivity contribution is 6.05. The van der Waals surface area contributed by atoms with Crippen molar-refractivity contribution in [1.82, 2.24) is 35.3 Å². The lowest BCUT2D eigenvalue weighted by molar-refractivity contribution is -0.131. The Hall–Kier alpha value is -3.30. The maximum Gasteiger partial charge on any atom is 0.326 e. The average molecular weight is 357 g/mol. The van der Waals surface area contributed by atoms with Crippen molar-refractivity contribution in [2.24, 2.45) is 0 Å². The summed E-state index contributed by atoms with van der Waals surface area (Å²) in [6.07, 6.45) is 3.74. The van der Waals surface area contributed by atoms with Crippen LogP contribution in [0.5, 0.6) is 0 Å². The number of carbonyl (C=O) groups excluding carboxylic acids is 3. The molecule has 0 bridgehead atoms. The van der Waals surface area contributed by atoms with Crippen LogP contribution in [0.15, 0.2) is 24.5 Å². The van der Waals surface area contributed by atoms with Gasteiger partial charge in [0, 0.05) is 45.0 Å². The fourth-order valence-corrected chi connectivity index (χ4v) is 2.68. The zero-order chi connectivity index (χ0) is 18.7. The average Bonchev–Trinajstić information content (AvgIpc) is 3.19. The van der Waals surface area contributed by atoms with E-state index in [2.05, 4.69) is 25.5 Å². The summed E-state index contributed by atoms with van der Waals surface area (Å²) in [4.78, 5) is 46.4. The normalized spacial score (nSPS) is 17.1. The van der Waals surface area contributed by atoms with Crippen LogP contribution in [0.1, 0.15) is 12.2 Å². The van der Waals surface area contributed by atoms with E-state index in [0.717, 1.165) is 10.5 Å². The summed E-state index contributed by atoms with van der Waals surface area (Å²) in [5.74, 6) is 0.501. The summed E-state index contributed by atoms with van der Waals surface area (Å²) < 4.78 is 0. The third-order valence-electron chi connectivity index (χ3n) is 4.19. The number of H-pyrrole nitrogens is 1. The molecule has 1 saturated heterocycles. The smallest absolute Gasteiger partial charge is 0.326 e. The van der Waals surface area contributed by atoms with Gasteiger partial charge in [0.2, 0.25) is 5.91 Å². The van der Waals surface area contributed by atoms with Crippen molar-refractivity contribution in [2.75, 3.05) is 20.6 Å². The Kier molecular flexibility index (Phi) is 4.92. The minimum absolute atomic E-state index is 0.0667. The number of rotatable bonds is 6. The van der Waals surface area contributed by atoms with Crippen molar-refractivity contribution < 1.29 is 14.4 Å². The van der Waals surface area contributed by atoms with Crippen LogP contribution < -0.4 is 5.32 Å². The molecular weight excluding hydrogens is 338 g/mol. The molecule has 10 nitrogen and oxygen atoms in total. The first-order valence-electron chi connectivity index (χ1n) is 8.10. The summed E-state index contributed by atoms with van der Waals surface area (Å²) in [5.41, 5.74) is 0.801. The number of urea groups is 1. The standard InChI is InChI=1S/C16H19N7O3/c1-22-11(15(25)23(2)16(22)26)8-13(24)18-7-5-12-19-14(21-20-12)10-4-3-6-17-9-10/h3-4,6,9,11H,5,7-8H2,1-2H3,(H,18,24)(H,19,20,21)/t11-/m1/s1. The van der Waals surface area contributed by atoms with Crippen molar-refractivity contribution in [3.8, 4) is 11.4 Å². The number of aromatic nitrogens is 4. The highest BCUT2D eigenvalue weighted by Crippen LogP contribution is 2.16. The molecule has 0 unspecified atom stereocenters. The van der Waals surface area contributed by atoms with E-state index in [9.17, 15) is 14.4 Å². The summed E-state index contributed by atoms with van der Waals surface area (Å²) in [6.45, 7) is 0.342. The fraction of sp³-hybridized carbons (Fsp3) is 0.375. The van der Waals surface area contributed by atoms with Crippen LogP contribution >= 0.6 is 0 Å². The van der Waals surface area contributed by atoms with Crippen molar-refractivity contribution in [3.05, 3.63) is 30.4 Å². The van der Waals surface area contributed by atoms with Gasteiger partial charge in [0.15, 0.2) is 5.82 Å². The molecule has 3 heterocycles. The van der Waals surface area contributed by atoms with Crippen LogP contribution in [0.2, 0.25) is 0 Å². The van der Waals surface area contributed by atoms with E-state index in [1.807, 2.05) is 6.07 Å². The maximum absolute atomic E-state index is 12.0. The molecule has 0 radical (unpaired) electrons. The predicted octanol–water partition coefficient (Wildman–Crippen LogP) is -0.192. The zero-order valence-corrected chi connectivity index (χ0v) is 14.5. The Morgan fingerprint density at radius 2 is 2.15 bits per heavy atom. The second kappa shape index (κ2) is 7.30. The SMILES string of the molecule is CN1C(=O)[C@@H](CC(=O)NCCc2nc(-c3cccnc3)n[nH]2)N(C)C1=O. The number of nitrogens with zero attached hydrogens (tertiary/aromatic N) is 5. The number of pyridine rings is 1. The molecule has 1 atom stereocenters. The second-order valence-electron chi connectivity index (χ2n) is 5.96. The summed E-state index contributed by atoms with van der Waals surface area (Å²) in [7, 11) is 2.92. The minimum Gasteiger partial charge on any atom is -0.356 e. The highest BCUT2D eigenvalue weighted by atomic mass is 16.2. The first-order chi connectivity index (χ1) is 12.5. The Balaban J connectivity index is 1.48. The molecule has 1 aliphatic heterocycles. The van der Waals surface area contributed by atoms with Crippen LogP contribution in [0, 0.1) is 0 Å². The van der Waals surface area contributed by atoms with Gasteiger partial charge >= 0.3 is 6.03 Å². The predicted molar refractivity (Wildman–Crippen MR) is 90.7 cm³/mol. The lowest BCUT2D eigenvalue weighted by atomic mass is 10.2. The van der Waals surface area contributed by atoms with E-state index in [1.54, 1.807) is 18.5 Å². The quantitative estimate of drug-likeness (QED) is 0.691. The summed E-state index contributed by atoms with van der Waals surface area (Å²) >= 11 is 0. The lowest BCUT2D eigenvalue weighted by Crippen LogP contribution is -2.38. The Morgan fingerprint density at radius 1 is 1.35 bits per heavy atom. The third-order valence-corrected chi connectivity index (χ3v) is 4.19. The maximum atomic E-state index is 12.0. The number of hydrogen-bond donors (Lipinski definition) is 2. The number of aromatic amines is 1. The van der Waals surface area contributed by atoms with Crippen molar-refractivity contribution in [3.63, 3.8) is 0 Å². The number of imide groups is 1. The summed E-state index contributed by atoms with van der Waals surface area (Å²) in [6, 6.07) is 2.50. The lowest BCUT2D eigenvalue weighted by Gasteiger charge is -2.15. The molecule has 26 heavy (non-hydrogen) atoms. The van der Waals surface area contributed by atoms with E-state index in [4.69, 9.17) is 0 Å². The monoisotopic (exact) mass is 357 g/mol. The van der Waals surface area contributed by atoms with E-state index in [1.165, 1.54) is 19.0 Å². The van der Waals surface area contributed by atoms with E-state index in [-0.39, 0.29) is 18.2 Å². The highest BCUT2D eigenvalue weighted by Gasteiger charge is 2.41. The van der Waals surface area contributed by atoms with E-state index >= 15 is 0 Å². The molecule has 1 fully saturated rings. The van der Waals surface area contributed by atoms with Gasteiger partial charge in [-0.1, -0.05) is 0 Å². The molecular formula is C16H19N7O3. The van der Waals surface area contributed by atoms with Gasteiger partial charge in [0.25, 0.3) is 5.91 Å². The molecule has 3 rings (SSSR count). The van der Waals surface area contributed by atoms with Crippen molar-refractivity contribution in [2.45, 2.75) is 18.9 Å². The van der Waals surface area contributed by atoms with Gasteiger partial charge in [0.05, 0.1) is 6.42 Å².